The van der Waals surface area contributed by atoms with Gasteiger partial charge in [0.1, 0.15) is 22.8 Å². The van der Waals surface area contributed by atoms with Crippen LogP contribution in [0.15, 0.2) is 40.8 Å². The normalized spacial score (nSPS) is 16.9. The zero-order chi connectivity index (χ0) is 23.8. The van der Waals surface area contributed by atoms with E-state index in [4.69, 9.17) is 4.42 Å². The number of rotatable bonds is 3. The number of carbonyl (C=O) groups excluding carboxylic acids is 2. The molecule has 9 heteroatoms. The molecule has 0 atom stereocenters. The van der Waals surface area contributed by atoms with E-state index in [0.29, 0.717) is 37.0 Å². The largest absolute Gasteiger partial charge is 0.436 e. The van der Waals surface area contributed by atoms with E-state index in [1.807, 2.05) is 13.8 Å². The summed E-state index contributed by atoms with van der Waals surface area (Å²) >= 11 is 0. The number of halogens is 2. The van der Waals surface area contributed by atoms with Crippen LogP contribution >= 0.6 is 0 Å². The number of benzene rings is 2. The molecule has 2 aliphatic rings. The molecular formula is C24H25F2N3O4. The fourth-order valence-corrected chi connectivity index (χ4v) is 3.75. The fourth-order valence-electron chi connectivity index (χ4n) is 3.75. The minimum absolute atomic E-state index is 0.0912. The molecule has 3 aromatic rings. The lowest BCUT2D eigenvalue weighted by Gasteiger charge is -2.35. The average molecular weight is 457 g/mol. The van der Waals surface area contributed by atoms with E-state index >= 15 is 0 Å². The smallest absolute Gasteiger partial charge is 0.256 e. The molecule has 2 aromatic carbocycles. The highest BCUT2D eigenvalue weighted by atomic mass is 19.1. The van der Waals surface area contributed by atoms with Crippen molar-refractivity contribution in [3.63, 3.8) is 0 Å². The van der Waals surface area contributed by atoms with Gasteiger partial charge in [0.2, 0.25) is 5.89 Å². The maximum atomic E-state index is 14.8. The number of oxazole rings is 1. The molecule has 0 radical (unpaired) electrons. The highest BCUT2D eigenvalue weighted by molar-refractivity contribution is 5.95. The summed E-state index contributed by atoms with van der Waals surface area (Å²) in [5.74, 6) is -1.82. The molecule has 5 rings (SSSR count). The predicted octanol–water partition coefficient (Wildman–Crippen LogP) is 3.61. The Balaban J connectivity index is 0.00000126. The van der Waals surface area contributed by atoms with E-state index in [-0.39, 0.29) is 36.0 Å². The van der Waals surface area contributed by atoms with E-state index in [0.717, 1.165) is 6.07 Å². The topological polar surface area (TPSA) is 86.9 Å². The summed E-state index contributed by atoms with van der Waals surface area (Å²) < 4.78 is 33.6. The first-order valence-corrected chi connectivity index (χ1v) is 11.0. The van der Waals surface area contributed by atoms with Crippen LogP contribution in [-0.4, -0.2) is 63.5 Å². The molecule has 174 valence electrons. The quantitative estimate of drug-likeness (QED) is 0.649. The van der Waals surface area contributed by atoms with Crippen LogP contribution in [0.2, 0.25) is 0 Å². The van der Waals surface area contributed by atoms with Gasteiger partial charge in [-0.2, -0.15) is 0 Å². The van der Waals surface area contributed by atoms with Crippen LogP contribution in [0.4, 0.5) is 8.78 Å². The van der Waals surface area contributed by atoms with Gasteiger partial charge in [0.25, 0.3) is 11.8 Å². The molecule has 1 aromatic heterocycles. The van der Waals surface area contributed by atoms with Crippen molar-refractivity contribution in [2.24, 2.45) is 0 Å². The van der Waals surface area contributed by atoms with Crippen LogP contribution in [-0.2, 0) is 4.79 Å². The van der Waals surface area contributed by atoms with Gasteiger partial charge in [-0.15, -0.1) is 0 Å². The number of carbonyl (C=O) groups is 2. The first-order valence-electron chi connectivity index (χ1n) is 11.0. The lowest BCUT2D eigenvalue weighted by atomic mass is 10.1. The van der Waals surface area contributed by atoms with Gasteiger partial charge in [-0.05, 0) is 43.2 Å². The first kappa shape index (κ1) is 22.8. The summed E-state index contributed by atoms with van der Waals surface area (Å²) in [5.41, 5.74) is -0.297. The maximum Gasteiger partial charge on any atom is 0.256 e. The van der Waals surface area contributed by atoms with E-state index in [1.54, 1.807) is 4.90 Å². The molecular weight excluding hydrogens is 432 g/mol. The number of amides is 2. The zero-order valence-corrected chi connectivity index (χ0v) is 18.5. The molecule has 0 bridgehead atoms. The summed E-state index contributed by atoms with van der Waals surface area (Å²) in [6, 6.07) is 7.99. The van der Waals surface area contributed by atoms with Gasteiger partial charge in [0, 0.05) is 37.8 Å². The Labute approximate surface area is 189 Å². The third-order valence-electron chi connectivity index (χ3n) is 5.77. The molecule has 2 heterocycles. The van der Waals surface area contributed by atoms with Crippen molar-refractivity contribution < 1.29 is 27.9 Å². The van der Waals surface area contributed by atoms with Crippen molar-refractivity contribution in [3.8, 4) is 11.5 Å². The Morgan fingerprint density at radius 1 is 1.00 bits per heavy atom. The Kier molecular flexibility index (Phi) is 6.16. The molecule has 1 saturated heterocycles. The average Bonchev–Trinajstić information content (AvgIpc) is 3.45. The van der Waals surface area contributed by atoms with Crippen LogP contribution in [0.25, 0.3) is 22.6 Å². The Hall–Kier alpha value is -3.33. The second-order valence-corrected chi connectivity index (χ2v) is 7.94. The third-order valence-corrected chi connectivity index (χ3v) is 5.77. The van der Waals surface area contributed by atoms with Crippen LogP contribution in [0.5, 0.6) is 0 Å². The van der Waals surface area contributed by atoms with E-state index in [1.165, 1.54) is 35.2 Å². The molecule has 2 amide bonds. The maximum absolute atomic E-state index is 14.8. The van der Waals surface area contributed by atoms with E-state index < -0.39 is 23.1 Å². The Bertz CT molecular complexity index is 1200. The second kappa shape index (κ2) is 8.90. The summed E-state index contributed by atoms with van der Waals surface area (Å²) in [6.45, 7) is 5.12. The summed E-state index contributed by atoms with van der Waals surface area (Å²) in [5, 5.41) is 9.97. The molecule has 7 nitrogen and oxygen atoms in total. The molecule has 0 spiro atoms. The summed E-state index contributed by atoms with van der Waals surface area (Å²) in [7, 11) is 0. The second-order valence-electron chi connectivity index (χ2n) is 7.94. The highest BCUT2D eigenvalue weighted by Crippen LogP contribution is 2.37. The first-order chi connectivity index (χ1) is 15.8. The molecule has 1 aliphatic carbocycles. The number of hydrogen-bond donors (Lipinski definition) is 1. The number of piperazine rings is 1. The summed E-state index contributed by atoms with van der Waals surface area (Å²) in [6.07, 6.45) is 0.940. The van der Waals surface area contributed by atoms with Gasteiger partial charge in [-0.3, -0.25) is 9.59 Å². The Morgan fingerprint density at radius 2 is 1.67 bits per heavy atom. The minimum atomic E-state index is -1.23. The van der Waals surface area contributed by atoms with Crippen LogP contribution in [0.3, 0.4) is 0 Å². The number of nitrogens with zero attached hydrogens (tertiary/aromatic N) is 3. The highest BCUT2D eigenvalue weighted by Gasteiger charge is 2.50. The molecule has 1 aliphatic heterocycles. The predicted molar refractivity (Wildman–Crippen MR) is 117 cm³/mol. The zero-order valence-electron chi connectivity index (χ0n) is 18.5. The number of fused-ring (bicyclic) bond motifs is 1. The van der Waals surface area contributed by atoms with Gasteiger partial charge < -0.3 is 19.3 Å². The van der Waals surface area contributed by atoms with Gasteiger partial charge in [0.05, 0.1) is 5.56 Å². The third kappa shape index (κ3) is 4.45. The molecule has 0 unspecified atom stereocenters. The monoisotopic (exact) mass is 457 g/mol. The van der Waals surface area contributed by atoms with Gasteiger partial charge in [-0.25, -0.2) is 13.8 Å². The van der Waals surface area contributed by atoms with Gasteiger partial charge in [0.15, 0.2) is 5.58 Å². The van der Waals surface area contributed by atoms with Crippen molar-refractivity contribution in [2.75, 3.05) is 26.2 Å². The van der Waals surface area contributed by atoms with Crippen molar-refractivity contribution in [1.82, 2.24) is 14.8 Å². The van der Waals surface area contributed by atoms with Crippen molar-refractivity contribution in [1.29, 1.82) is 0 Å². The molecule has 33 heavy (non-hydrogen) atoms. The van der Waals surface area contributed by atoms with Crippen molar-refractivity contribution in [2.45, 2.75) is 32.3 Å². The van der Waals surface area contributed by atoms with Crippen molar-refractivity contribution >= 4 is 22.9 Å². The van der Waals surface area contributed by atoms with E-state index in [2.05, 4.69) is 4.98 Å². The minimum Gasteiger partial charge on any atom is -0.436 e. The lowest BCUT2D eigenvalue weighted by Crippen LogP contribution is -2.53. The molecule has 2 fully saturated rings. The summed E-state index contributed by atoms with van der Waals surface area (Å²) in [4.78, 5) is 32.3. The Morgan fingerprint density at radius 3 is 2.30 bits per heavy atom. The SMILES string of the molecule is CC.O=C(c1ccc(-c2nc3ccc(F)cc3o2)cc1F)N1CCN(C(=O)C2(O)CC2)CC1. The molecule has 1 saturated carbocycles. The van der Waals surface area contributed by atoms with Crippen LogP contribution < -0.4 is 0 Å². The number of hydrogen-bond acceptors (Lipinski definition) is 5. The lowest BCUT2D eigenvalue weighted by molar-refractivity contribution is -0.143. The number of aromatic nitrogens is 1. The van der Waals surface area contributed by atoms with Crippen LogP contribution in [0, 0.1) is 11.6 Å². The van der Waals surface area contributed by atoms with Gasteiger partial charge in [-0.1, -0.05) is 13.8 Å². The standard InChI is InChI=1S/C22H19F2N3O4.C2H6/c23-14-2-4-17-18(12-14)31-19(25-17)13-1-3-15(16(24)11-13)20(28)26-7-9-27(10-8-26)21(29)22(30)5-6-22;1-2/h1-4,11-12,30H,5-10H2;1-2H3. The van der Waals surface area contributed by atoms with Crippen LogP contribution in [0.1, 0.15) is 37.0 Å². The molecule has 1 N–H and O–H groups in total. The van der Waals surface area contributed by atoms with Gasteiger partial charge >= 0.3 is 0 Å². The van der Waals surface area contributed by atoms with E-state index in [9.17, 15) is 23.5 Å². The number of aliphatic hydroxyl groups is 1. The fraction of sp³-hybridized carbons (Fsp3) is 0.375. The van der Waals surface area contributed by atoms with Crippen molar-refractivity contribution in [3.05, 3.63) is 53.6 Å².